The normalized spacial score (nSPS) is 17.2. The topological polar surface area (TPSA) is 83.3 Å². The summed E-state index contributed by atoms with van der Waals surface area (Å²) in [5.74, 6) is 6.48. The van der Waals surface area contributed by atoms with Crippen molar-refractivity contribution in [2.75, 3.05) is 25.6 Å². The number of aromatic nitrogens is 1. The minimum Gasteiger partial charge on any atom is -0.359 e. The van der Waals surface area contributed by atoms with E-state index in [2.05, 4.69) is 20.6 Å². The summed E-state index contributed by atoms with van der Waals surface area (Å²) in [6.45, 7) is 2.67. The fraction of sp³-hybridized carbons (Fsp3) is 0.538. The standard InChI is InChI=1S/C13H21N5O/c1-15-13(19)10-4-7-18(8-5-10)9-11-3-2-6-16-12(11)17-14/h2-3,6,10H,4-5,7-9,14H2,1H3,(H,15,19)(H,16,17). The Morgan fingerprint density at radius 1 is 1.53 bits per heavy atom. The molecule has 0 spiro atoms. The summed E-state index contributed by atoms with van der Waals surface area (Å²) in [4.78, 5) is 18.1. The molecule has 0 radical (unpaired) electrons. The van der Waals surface area contributed by atoms with Gasteiger partial charge in [0.1, 0.15) is 5.82 Å². The quantitative estimate of drug-likeness (QED) is 0.538. The summed E-state index contributed by atoms with van der Waals surface area (Å²) in [6, 6.07) is 3.93. The van der Waals surface area contributed by atoms with Crippen LogP contribution in [0.1, 0.15) is 18.4 Å². The number of carbonyl (C=O) groups is 1. The molecule has 0 unspecified atom stereocenters. The number of piperidine rings is 1. The van der Waals surface area contributed by atoms with Gasteiger partial charge in [-0.1, -0.05) is 6.07 Å². The molecule has 0 bridgehead atoms. The van der Waals surface area contributed by atoms with Crippen molar-refractivity contribution in [3.8, 4) is 0 Å². The third-order valence-corrected chi connectivity index (χ3v) is 3.63. The van der Waals surface area contributed by atoms with Gasteiger partial charge in [-0.05, 0) is 32.0 Å². The molecule has 1 aliphatic heterocycles. The molecule has 0 aromatic carbocycles. The first kappa shape index (κ1) is 13.8. The number of hydrogen-bond acceptors (Lipinski definition) is 5. The van der Waals surface area contributed by atoms with Crippen molar-refractivity contribution in [1.29, 1.82) is 0 Å². The molecule has 1 aliphatic rings. The second-order valence-corrected chi connectivity index (χ2v) is 4.82. The summed E-state index contributed by atoms with van der Waals surface area (Å²) >= 11 is 0. The number of hydrazine groups is 1. The molecule has 2 rings (SSSR count). The lowest BCUT2D eigenvalue weighted by Gasteiger charge is -2.31. The highest BCUT2D eigenvalue weighted by Crippen LogP contribution is 2.20. The summed E-state index contributed by atoms with van der Waals surface area (Å²) < 4.78 is 0. The number of carbonyl (C=O) groups excluding carboxylic acids is 1. The van der Waals surface area contributed by atoms with Crippen molar-refractivity contribution in [2.45, 2.75) is 19.4 Å². The number of nitrogens with two attached hydrogens (primary N) is 1. The lowest BCUT2D eigenvalue weighted by Crippen LogP contribution is -2.39. The third kappa shape index (κ3) is 3.42. The minimum absolute atomic E-state index is 0.155. The molecule has 6 nitrogen and oxygen atoms in total. The van der Waals surface area contributed by atoms with E-state index in [9.17, 15) is 4.79 Å². The summed E-state index contributed by atoms with van der Waals surface area (Å²) in [5.41, 5.74) is 3.71. The number of rotatable bonds is 4. The fourth-order valence-electron chi connectivity index (χ4n) is 2.49. The van der Waals surface area contributed by atoms with Crippen molar-refractivity contribution in [3.63, 3.8) is 0 Å². The van der Waals surface area contributed by atoms with Crippen LogP contribution in [-0.4, -0.2) is 35.9 Å². The Hall–Kier alpha value is -1.66. The van der Waals surface area contributed by atoms with Crippen molar-refractivity contribution in [3.05, 3.63) is 23.9 Å². The molecule has 1 saturated heterocycles. The molecule has 1 aromatic heterocycles. The van der Waals surface area contributed by atoms with Crippen LogP contribution in [0.25, 0.3) is 0 Å². The van der Waals surface area contributed by atoms with Crippen LogP contribution < -0.4 is 16.6 Å². The van der Waals surface area contributed by atoms with Gasteiger partial charge in [-0.2, -0.15) is 0 Å². The zero-order valence-corrected chi connectivity index (χ0v) is 11.2. The van der Waals surface area contributed by atoms with E-state index in [0.29, 0.717) is 0 Å². The van der Waals surface area contributed by atoms with E-state index in [-0.39, 0.29) is 11.8 Å². The SMILES string of the molecule is CNC(=O)C1CCN(Cc2cccnc2NN)CC1. The molecule has 0 saturated carbocycles. The van der Waals surface area contributed by atoms with Crippen LogP contribution in [-0.2, 0) is 11.3 Å². The van der Waals surface area contributed by atoms with Crippen LogP contribution in [0.15, 0.2) is 18.3 Å². The Morgan fingerprint density at radius 2 is 2.26 bits per heavy atom. The van der Waals surface area contributed by atoms with E-state index in [0.717, 1.165) is 43.9 Å². The van der Waals surface area contributed by atoms with E-state index in [1.165, 1.54) is 0 Å². The van der Waals surface area contributed by atoms with Gasteiger partial charge in [0, 0.05) is 31.3 Å². The van der Waals surface area contributed by atoms with E-state index in [1.54, 1.807) is 13.2 Å². The Bertz CT molecular complexity index is 429. The van der Waals surface area contributed by atoms with E-state index < -0.39 is 0 Å². The molecule has 6 heteroatoms. The number of likely N-dealkylation sites (tertiary alicyclic amines) is 1. The lowest BCUT2D eigenvalue weighted by molar-refractivity contribution is -0.125. The summed E-state index contributed by atoms with van der Waals surface area (Å²) in [6.07, 6.45) is 3.53. The van der Waals surface area contributed by atoms with Crippen molar-refractivity contribution < 1.29 is 4.79 Å². The zero-order valence-electron chi connectivity index (χ0n) is 11.2. The summed E-state index contributed by atoms with van der Waals surface area (Å²) in [7, 11) is 1.70. The molecular formula is C13H21N5O. The Balaban J connectivity index is 1.90. The van der Waals surface area contributed by atoms with E-state index in [4.69, 9.17) is 5.84 Å². The van der Waals surface area contributed by atoms with Gasteiger partial charge in [-0.25, -0.2) is 10.8 Å². The molecule has 1 amide bonds. The van der Waals surface area contributed by atoms with Crippen LogP contribution in [0.3, 0.4) is 0 Å². The molecule has 19 heavy (non-hydrogen) atoms. The van der Waals surface area contributed by atoms with Gasteiger partial charge in [0.05, 0.1) is 0 Å². The number of amides is 1. The fourth-order valence-corrected chi connectivity index (χ4v) is 2.49. The smallest absolute Gasteiger partial charge is 0.222 e. The van der Waals surface area contributed by atoms with Crippen LogP contribution in [0.5, 0.6) is 0 Å². The van der Waals surface area contributed by atoms with Gasteiger partial charge in [0.15, 0.2) is 0 Å². The average Bonchev–Trinajstić information content (AvgIpc) is 2.48. The number of nitrogens with one attached hydrogen (secondary N) is 2. The second-order valence-electron chi connectivity index (χ2n) is 4.82. The number of pyridine rings is 1. The molecule has 4 N–H and O–H groups in total. The lowest BCUT2D eigenvalue weighted by atomic mass is 9.95. The molecule has 1 fully saturated rings. The van der Waals surface area contributed by atoms with Gasteiger partial charge >= 0.3 is 0 Å². The zero-order chi connectivity index (χ0) is 13.7. The number of anilines is 1. The number of nitrogen functional groups attached to an aromatic ring is 1. The Kier molecular flexibility index (Phi) is 4.70. The van der Waals surface area contributed by atoms with Crippen molar-refractivity contribution in [1.82, 2.24) is 15.2 Å². The predicted molar refractivity (Wildman–Crippen MR) is 74.1 cm³/mol. The van der Waals surface area contributed by atoms with E-state index in [1.807, 2.05) is 12.1 Å². The highest BCUT2D eigenvalue weighted by Gasteiger charge is 2.24. The number of hydrogen-bond donors (Lipinski definition) is 3. The molecule has 2 heterocycles. The van der Waals surface area contributed by atoms with Crippen LogP contribution in [0.4, 0.5) is 5.82 Å². The first-order valence-corrected chi connectivity index (χ1v) is 6.59. The summed E-state index contributed by atoms with van der Waals surface area (Å²) in [5, 5.41) is 2.72. The Labute approximate surface area is 113 Å². The number of nitrogens with zero attached hydrogens (tertiary/aromatic N) is 2. The van der Waals surface area contributed by atoms with Crippen LogP contribution >= 0.6 is 0 Å². The van der Waals surface area contributed by atoms with Crippen LogP contribution in [0.2, 0.25) is 0 Å². The largest absolute Gasteiger partial charge is 0.359 e. The third-order valence-electron chi connectivity index (χ3n) is 3.63. The van der Waals surface area contributed by atoms with Crippen LogP contribution in [0, 0.1) is 5.92 Å². The maximum absolute atomic E-state index is 11.6. The van der Waals surface area contributed by atoms with E-state index >= 15 is 0 Å². The first-order chi connectivity index (χ1) is 9.24. The molecular weight excluding hydrogens is 242 g/mol. The van der Waals surface area contributed by atoms with Crippen molar-refractivity contribution in [2.24, 2.45) is 11.8 Å². The monoisotopic (exact) mass is 263 g/mol. The van der Waals surface area contributed by atoms with Gasteiger partial charge in [0.2, 0.25) is 5.91 Å². The second kappa shape index (κ2) is 6.49. The average molecular weight is 263 g/mol. The highest BCUT2D eigenvalue weighted by atomic mass is 16.1. The maximum Gasteiger partial charge on any atom is 0.222 e. The predicted octanol–water partition coefficient (Wildman–Crippen LogP) is 0.325. The molecule has 1 aromatic rings. The van der Waals surface area contributed by atoms with Gasteiger partial charge in [-0.15, -0.1) is 0 Å². The minimum atomic E-state index is 0.155. The molecule has 104 valence electrons. The van der Waals surface area contributed by atoms with Crippen molar-refractivity contribution >= 4 is 11.7 Å². The first-order valence-electron chi connectivity index (χ1n) is 6.59. The highest BCUT2D eigenvalue weighted by molar-refractivity contribution is 5.78. The van der Waals surface area contributed by atoms with Gasteiger partial charge < -0.3 is 10.7 Å². The maximum atomic E-state index is 11.6. The van der Waals surface area contributed by atoms with Gasteiger partial charge in [0.25, 0.3) is 0 Å². The molecule has 0 aliphatic carbocycles. The Morgan fingerprint density at radius 3 is 2.89 bits per heavy atom. The van der Waals surface area contributed by atoms with Gasteiger partial charge in [-0.3, -0.25) is 9.69 Å². The molecule has 0 atom stereocenters.